The van der Waals surface area contributed by atoms with Crippen LogP contribution in [0.15, 0.2) is 24.3 Å². The molecule has 0 atom stereocenters. The van der Waals surface area contributed by atoms with E-state index in [-0.39, 0.29) is 6.04 Å². The molecule has 0 aliphatic heterocycles. The third-order valence-corrected chi connectivity index (χ3v) is 2.58. The van der Waals surface area contributed by atoms with Crippen LogP contribution in [0.2, 0.25) is 0 Å². The second kappa shape index (κ2) is 4.38. The van der Waals surface area contributed by atoms with Crippen LogP contribution >= 0.6 is 0 Å². The number of nitriles is 1. The number of hydrogen-bond acceptors (Lipinski definition) is 3. The van der Waals surface area contributed by atoms with Crippen LogP contribution in [0.3, 0.4) is 0 Å². The van der Waals surface area contributed by atoms with Gasteiger partial charge in [0.25, 0.3) is 0 Å². The van der Waals surface area contributed by atoms with Crippen LogP contribution in [0.1, 0.15) is 31.1 Å². The molecule has 0 spiro atoms. The average molecular weight is 226 g/mol. The second-order valence-electron chi connectivity index (χ2n) is 4.31. The molecule has 1 aromatic heterocycles. The Hall–Kier alpha value is -2.15. The molecule has 0 aliphatic carbocycles. The lowest BCUT2D eigenvalue weighted by molar-refractivity contribution is 0.519. The van der Waals surface area contributed by atoms with E-state index < -0.39 is 0 Å². The van der Waals surface area contributed by atoms with Gasteiger partial charge in [0.05, 0.1) is 0 Å². The first-order valence-electron chi connectivity index (χ1n) is 5.56. The number of rotatable bonds is 2. The van der Waals surface area contributed by atoms with Gasteiger partial charge in [-0.05, 0) is 26.8 Å². The van der Waals surface area contributed by atoms with Crippen molar-refractivity contribution in [1.82, 2.24) is 15.0 Å². The molecule has 1 heterocycles. The smallest absolute Gasteiger partial charge is 0.190 e. The Morgan fingerprint density at radius 2 is 2.12 bits per heavy atom. The van der Waals surface area contributed by atoms with Crippen molar-refractivity contribution in [2.45, 2.75) is 26.8 Å². The maximum atomic E-state index is 9.08. The van der Waals surface area contributed by atoms with Crippen LogP contribution in [-0.2, 0) is 0 Å². The van der Waals surface area contributed by atoms with Gasteiger partial charge < -0.3 is 0 Å². The highest BCUT2D eigenvalue weighted by molar-refractivity contribution is 5.65. The largest absolute Gasteiger partial charge is 0.241 e. The highest BCUT2D eigenvalue weighted by atomic mass is 15.4. The summed E-state index contributed by atoms with van der Waals surface area (Å²) in [7, 11) is 0. The van der Waals surface area contributed by atoms with E-state index in [9.17, 15) is 0 Å². The Morgan fingerprint density at radius 1 is 1.35 bits per heavy atom. The maximum absolute atomic E-state index is 9.08. The maximum Gasteiger partial charge on any atom is 0.190 e. The first kappa shape index (κ1) is 11.3. The lowest BCUT2D eigenvalue weighted by Gasteiger charge is -2.10. The van der Waals surface area contributed by atoms with E-state index >= 15 is 0 Å². The van der Waals surface area contributed by atoms with Crippen molar-refractivity contribution < 1.29 is 0 Å². The SMILES string of the molecule is Cc1cccc(-c2c(C#N)nnn2C(C)C)c1. The number of aromatic nitrogens is 3. The fourth-order valence-electron chi connectivity index (χ4n) is 1.79. The van der Waals surface area contributed by atoms with E-state index in [1.807, 2.05) is 45.0 Å². The zero-order valence-electron chi connectivity index (χ0n) is 10.2. The average Bonchev–Trinajstić information content (AvgIpc) is 2.72. The Kier molecular flexibility index (Phi) is 2.92. The predicted molar refractivity (Wildman–Crippen MR) is 65.3 cm³/mol. The van der Waals surface area contributed by atoms with Crippen molar-refractivity contribution in [2.24, 2.45) is 0 Å². The molecule has 4 nitrogen and oxygen atoms in total. The zero-order chi connectivity index (χ0) is 12.4. The molecule has 0 N–H and O–H groups in total. The normalized spacial score (nSPS) is 10.5. The first-order valence-corrected chi connectivity index (χ1v) is 5.56. The number of aryl methyl sites for hydroxylation is 1. The number of nitrogens with zero attached hydrogens (tertiary/aromatic N) is 4. The molecule has 0 saturated heterocycles. The summed E-state index contributed by atoms with van der Waals surface area (Å²) in [5, 5.41) is 17.0. The molecular formula is C13H14N4. The Balaban J connectivity index is 2.65. The number of hydrogen-bond donors (Lipinski definition) is 0. The van der Waals surface area contributed by atoms with Crippen molar-refractivity contribution >= 4 is 0 Å². The van der Waals surface area contributed by atoms with E-state index in [0.717, 1.165) is 16.8 Å². The summed E-state index contributed by atoms with van der Waals surface area (Å²) in [6.07, 6.45) is 0. The van der Waals surface area contributed by atoms with E-state index in [1.54, 1.807) is 4.68 Å². The molecule has 4 heteroatoms. The summed E-state index contributed by atoms with van der Waals surface area (Å²) in [6, 6.07) is 10.3. The lowest BCUT2D eigenvalue weighted by atomic mass is 10.1. The first-order chi connectivity index (χ1) is 8.13. The van der Waals surface area contributed by atoms with Crippen molar-refractivity contribution in [2.75, 3.05) is 0 Å². The standard InChI is InChI=1S/C13H14N4/c1-9(2)17-13(12(8-14)15-16-17)11-6-4-5-10(3)7-11/h4-7,9H,1-3H3. The summed E-state index contributed by atoms with van der Waals surface area (Å²) in [5.41, 5.74) is 3.32. The molecule has 0 unspecified atom stereocenters. The van der Waals surface area contributed by atoms with E-state index in [4.69, 9.17) is 5.26 Å². The van der Waals surface area contributed by atoms with Crippen molar-refractivity contribution in [3.05, 3.63) is 35.5 Å². The molecule has 0 amide bonds. The molecule has 0 fully saturated rings. The van der Waals surface area contributed by atoms with Crippen molar-refractivity contribution in [3.8, 4) is 17.3 Å². The molecule has 2 aromatic rings. The highest BCUT2D eigenvalue weighted by Crippen LogP contribution is 2.25. The van der Waals surface area contributed by atoms with Gasteiger partial charge >= 0.3 is 0 Å². The third kappa shape index (κ3) is 2.04. The van der Waals surface area contributed by atoms with Crippen LogP contribution in [0.4, 0.5) is 0 Å². The van der Waals surface area contributed by atoms with Gasteiger partial charge in [-0.3, -0.25) is 0 Å². The highest BCUT2D eigenvalue weighted by Gasteiger charge is 2.16. The van der Waals surface area contributed by atoms with Gasteiger partial charge in [0.1, 0.15) is 11.8 Å². The predicted octanol–water partition coefficient (Wildman–Crippen LogP) is 2.71. The van der Waals surface area contributed by atoms with Gasteiger partial charge in [-0.2, -0.15) is 5.26 Å². The molecule has 86 valence electrons. The van der Waals surface area contributed by atoms with Crippen LogP contribution < -0.4 is 0 Å². The van der Waals surface area contributed by atoms with Gasteiger partial charge in [-0.25, -0.2) is 4.68 Å². The Bertz CT molecular complexity index is 575. The van der Waals surface area contributed by atoms with Crippen LogP contribution in [0.25, 0.3) is 11.3 Å². The van der Waals surface area contributed by atoms with E-state index in [1.165, 1.54) is 0 Å². The van der Waals surface area contributed by atoms with Crippen LogP contribution in [0.5, 0.6) is 0 Å². The minimum absolute atomic E-state index is 0.181. The van der Waals surface area contributed by atoms with Gasteiger partial charge in [0.2, 0.25) is 0 Å². The molecule has 0 radical (unpaired) electrons. The van der Waals surface area contributed by atoms with Crippen LogP contribution in [0, 0.1) is 18.3 Å². The van der Waals surface area contributed by atoms with Gasteiger partial charge in [-0.15, -0.1) is 5.10 Å². The summed E-state index contributed by atoms with van der Waals surface area (Å²) < 4.78 is 1.79. The molecule has 0 aliphatic rings. The quantitative estimate of drug-likeness (QED) is 0.791. The summed E-state index contributed by atoms with van der Waals surface area (Å²) >= 11 is 0. The molecule has 0 bridgehead atoms. The van der Waals surface area contributed by atoms with Crippen molar-refractivity contribution in [3.63, 3.8) is 0 Å². The van der Waals surface area contributed by atoms with Gasteiger partial charge in [-0.1, -0.05) is 29.0 Å². The lowest BCUT2D eigenvalue weighted by Crippen LogP contribution is -2.05. The summed E-state index contributed by atoms with van der Waals surface area (Å²) in [5.74, 6) is 0. The molecule has 17 heavy (non-hydrogen) atoms. The molecule has 2 rings (SSSR count). The Morgan fingerprint density at radius 3 is 2.71 bits per heavy atom. The van der Waals surface area contributed by atoms with E-state index in [2.05, 4.69) is 16.4 Å². The van der Waals surface area contributed by atoms with Gasteiger partial charge in [0, 0.05) is 11.6 Å². The topological polar surface area (TPSA) is 54.5 Å². The fraction of sp³-hybridized carbons (Fsp3) is 0.308. The van der Waals surface area contributed by atoms with E-state index in [0.29, 0.717) is 5.69 Å². The third-order valence-electron chi connectivity index (χ3n) is 2.58. The molecular weight excluding hydrogens is 212 g/mol. The molecule has 0 saturated carbocycles. The van der Waals surface area contributed by atoms with Gasteiger partial charge in [0.15, 0.2) is 5.69 Å². The Labute approximate surface area is 101 Å². The van der Waals surface area contributed by atoms with Crippen LogP contribution in [-0.4, -0.2) is 15.0 Å². The summed E-state index contributed by atoms with van der Waals surface area (Å²) in [4.78, 5) is 0. The second-order valence-corrected chi connectivity index (χ2v) is 4.31. The minimum Gasteiger partial charge on any atom is -0.241 e. The monoisotopic (exact) mass is 226 g/mol. The molecule has 1 aromatic carbocycles. The summed E-state index contributed by atoms with van der Waals surface area (Å²) in [6.45, 7) is 6.07. The fourth-order valence-corrected chi connectivity index (χ4v) is 1.79. The zero-order valence-corrected chi connectivity index (χ0v) is 10.2. The van der Waals surface area contributed by atoms with Crippen molar-refractivity contribution in [1.29, 1.82) is 5.26 Å². The number of benzene rings is 1. The minimum atomic E-state index is 0.181.